The Morgan fingerprint density at radius 3 is 2.12 bits per heavy atom. The first-order valence-electron chi connectivity index (χ1n) is 7.10. The second-order valence-electron chi connectivity index (χ2n) is 7.28. The zero-order valence-corrected chi connectivity index (χ0v) is 12.9. The molecule has 1 unspecified atom stereocenters. The molecule has 0 aromatic rings. The highest BCUT2D eigenvalue weighted by molar-refractivity contribution is 4.73. The molecule has 0 aliphatic rings. The molecule has 0 aromatic carbocycles. The molecule has 2 nitrogen and oxygen atoms in total. The molecular formula is C15H34N2. The van der Waals surface area contributed by atoms with Crippen LogP contribution in [-0.4, -0.2) is 19.6 Å². The summed E-state index contributed by atoms with van der Waals surface area (Å²) in [6.45, 7) is 17.0. The van der Waals surface area contributed by atoms with Crippen molar-refractivity contribution in [2.75, 3.05) is 19.6 Å². The van der Waals surface area contributed by atoms with Gasteiger partial charge in [-0.2, -0.15) is 0 Å². The topological polar surface area (TPSA) is 38.0 Å². The summed E-state index contributed by atoms with van der Waals surface area (Å²) in [7, 11) is 0. The van der Waals surface area contributed by atoms with Crippen LogP contribution in [0.1, 0.15) is 60.8 Å². The van der Waals surface area contributed by atoms with Gasteiger partial charge in [0.2, 0.25) is 0 Å². The lowest BCUT2D eigenvalue weighted by Crippen LogP contribution is -2.30. The predicted octanol–water partition coefficient (Wildman–Crippen LogP) is 3.41. The highest BCUT2D eigenvalue weighted by Crippen LogP contribution is 2.26. The third kappa shape index (κ3) is 8.62. The molecule has 0 aromatic heterocycles. The Bertz CT molecular complexity index is 192. The normalized spacial score (nSPS) is 15.0. The van der Waals surface area contributed by atoms with E-state index in [4.69, 9.17) is 5.73 Å². The van der Waals surface area contributed by atoms with Crippen molar-refractivity contribution in [2.24, 2.45) is 22.5 Å². The van der Waals surface area contributed by atoms with Crippen LogP contribution in [0, 0.1) is 16.7 Å². The van der Waals surface area contributed by atoms with E-state index in [0.717, 1.165) is 32.0 Å². The molecular weight excluding hydrogens is 208 g/mol. The molecule has 0 fully saturated rings. The van der Waals surface area contributed by atoms with Crippen LogP contribution in [0.3, 0.4) is 0 Å². The quantitative estimate of drug-likeness (QED) is 0.640. The fourth-order valence-corrected chi connectivity index (χ4v) is 1.83. The minimum absolute atomic E-state index is 0.409. The standard InChI is InChI=1S/C15H34N2/c1-13(14(2,3)4)12-17-11-7-8-15(5,6)9-10-16/h13,17H,7-12,16H2,1-6H3. The van der Waals surface area contributed by atoms with Gasteiger partial charge in [-0.25, -0.2) is 0 Å². The van der Waals surface area contributed by atoms with Crippen LogP contribution < -0.4 is 11.1 Å². The first kappa shape index (κ1) is 16.9. The Labute approximate surface area is 109 Å². The Kier molecular flexibility index (Phi) is 7.34. The van der Waals surface area contributed by atoms with Crippen LogP contribution in [-0.2, 0) is 0 Å². The fraction of sp³-hybridized carbons (Fsp3) is 1.00. The first-order valence-corrected chi connectivity index (χ1v) is 7.10. The number of rotatable bonds is 8. The summed E-state index contributed by atoms with van der Waals surface area (Å²) >= 11 is 0. The fourth-order valence-electron chi connectivity index (χ4n) is 1.83. The number of hydrogen-bond acceptors (Lipinski definition) is 2. The van der Waals surface area contributed by atoms with Gasteiger partial charge in [0, 0.05) is 0 Å². The SMILES string of the molecule is CC(CNCCCC(C)(C)CCN)C(C)(C)C. The van der Waals surface area contributed by atoms with Crippen molar-refractivity contribution in [3.63, 3.8) is 0 Å². The van der Waals surface area contributed by atoms with E-state index in [-0.39, 0.29) is 0 Å². The van der Waals surface area contributed by atoms with E-state index in [1.165, 1.54) is 12.8 Å². The van der Waals surface area contributed by atoms with Crippen molar-refractivity contribution in [3.05, 3.63) is 0 Å². The van der Waals surface area contributed by atoms with E-state index < -0.39 is 0 Å². The molecule has 0 amide bonds. The summed E-state index contributed by atoms with van der Waals surface area (Å²) in [5.74, 6) is 0.722. The van der Waals surface area contributed by atoms with Crippen molar-refractivity contribution in [1.29, 1.82) is 0 Å². The summed E-state index contributed by atoms with van der Waals surface area (Å²) in [5.41, 5.74) is 6.43. The van der Waals surface area contributed by atoms with Gasteiger partial charge in [0.15, 0.2) is 0 Å². The van der Waals surface area contributed by atoms with Gasteiger partial charge < -0.3 is 11.1 Å². The van der Waals surface area contributed by atoms with Crippen molar-refractivity contribution < 1.29 is 0 Å². The van der Waals surface area contributed by atoms with Gasteiger partial charge in [-0.15, -0.1) is 0 Å². The highest BCUT2D eigenvalue weighted by Gasteiger charge is 2.19. The van der Waals surface area contributed by atoms with Crippen molar-refractivity contribution in [1.82, 2.24) is 5.32 Å². The van der Waals surface area contributed by atoms with E-state index in [1.54, 1.807) is 0 Å². The lowest BCUT2D eigenvalue weighted by Gasteiger charge is -2.28. The number of nitrogens with one attached hydrogen (secondary N) is 1. The van der Waals surface area contributed by atoms with Gasteiger partial charge >= 0.3 is 0 Å². The van der Waals surface area contributed by atoms with Crippen LogP contribution in [0.4, 0.5) is 0 Å². The Hall–Kier alpha value is -0.0800. The summed E-state index contributed by atoms with van der Waals surface area (Å²) in [6, 6.07) is 0. The Morgan fingerprint density at radius 1 is 1.06 bits per heavy atom. The van der Waals surface area contributed by atoms with Crippen molar-refractivity contribution >= 4 is 0 Å². The molecule has 1 atom stereocenters. The van der Waals surface area contributed by atoms with Crippen LogP contribution >= 0.6 is 0 Å². The Morgan fingerprint density at radius 2 is 1.65 bits per heavy atom. The van der Waals surface area contributed by atoms with Gasteiger partial charge in [-0.3, -0.25) is 0 Å². The average molecular weight is 242 g/mol. The van der Waals surface area contributed by atoms with Gasteiger partial charge in [-0.05, 0) is 55.6 Å². The summed E-state index contributed by atoms with van der Waals surface area (Å²) in [6.07, 6.45) is 3.65. The molecule has 0 bridgehead atoms. The number of hydrogen-bond donors (Lipinski definition) is 2. The van der Waals surface area contributed by atoms with E-state index >= 15 is 0 Å². The first-order chi connectivity index (χ1) is 7.69. The summed E-state index contributed by atoms with van der Waals surface area (Å²) in [5, 5.41) is 3.58. The average Bonchev–Trinajstić information content (AvgIpc) is 2.15. The van der Waals surface area contributed by atoms with Gasteiger partial charge in [0.05, 0.1) is 0 Å². The zero-order valence-electron chi connectivity index (χ0n) is 12.9. The molecule has 17 heavy (non-hydrogen) atoms. The monoisotopic (exact) mass is 242 g/mol. The lowest BCUT2D eigenvalue weighted by atomic mass is 9.82. The van der Waals surface area contributed by atoms with E-state index in [1.807, 2.05) is 0 Å². The minimum Gasteiger partial charge on any atom is -0.330 e. The molecule has 3 N–H and O–H groups in total. The summed E-state index contributed by atoms with van der Waals surface area (Å²) in [4.78, 5) is 0. The smallest absolute Gasteiger partial charge is 0.00182 e. The van der Waals surface area contributed by atoms with Crippen LogP contribution in [0.2, 0.25) is 0 Å². The molecule has 0 spiro atoms. The molecule has 0 rings (SSSR count). The van der Waals surface area contributed by atoms with E-state index in [2.05, 4.69) is 46.9 Å². The molecule has 0 heterocycles. The molecule has 0 radical (unpaired) electrons. The maximum Gasteiger partial charge on any atom is -0.00182 e. The molecule has 0 saturated heterocycles. The van der Waals surface area contributed by atoms with Gasteiger partial charge in [0.25, 0.3) is 0 Å². The maximum atomic E-state index is 5.62. The van der Waals surface area contributed by atoms with E-state index in [0.29, 0.717) is 10.8 Å². The van der Waals surface area contributed by atoms with Crippen LogP contribution in [0.25, 0.3) is 0 Å². The van der Waals surface area contributed by atoms with Crippen LogP contribution in [0.5, 0.6) is 0 Å². The maximum absolute atomic E-state index is 5.62. The molecule has 0 aliphatic carbocycles. The predicted molar refractivity (Wildman–Crippen MR) is 78.2 cm³/mol. The zero-order chi connectivity index (χ0) is 13.5. The molecule has 104 valence electrons. The summed E-state index contributed by atoms with van der Waals surface area (Å²) < 4.78 is 0. The number of nitrogens with two attached hydrogens (primary N) is 1. The minimum atomic E-state index is 0.409. The van der Waals surface area contributed by atoms with E-state index in [9.17, 15) is 0 Å². The van der Waals surface area contributed by atoms with Crippen LogP contribution in [0.15, 0.2) is 0 Å². The molecule has 2 heteroatoms. The third-order valence-corrected chi connectivity index (χ3v) is 3.96. The van der Waals surface area contributed by atoms with Crippen molar-refractivity contribution in [3.8, 4) is 0 Å². The second-order valence-corrected chi connectivity index (χ2v) is 7.28. The highest BCUT2D eigenvalue weighted by atomic mass is 14.9. The van der Waals surface area contributed by atoms with Gasteiger partial charge in [-0.1, -0.05) is 41.5 Å². The lowest BCUT2D eigenvalue weighted by molar-refractivity contribution is 0.248. The third-order valence-electron chi connectivity index (χ3n) is 3.96. The van der Waals surface area contributed by atoms with Gasteiger partial charge in [0.1, 0.15) is 0 Å². The molecule has 0 aliphatic heterocycles. The Balaban J connectivity index is 3.60. The second kappa shape index (κ2) is 7.38. The molecule has 0 saturated carbocycles. The largest absolute Gasteiger partial charge is 0.330 e. The van der Waals surface area contributed by atoms with Crippen molar-refractivity contribution in [2.45, 2.75) is 60.8 Å².